The standard InChI is InChI=1S/C31H31ClN4O3S/c1-22-4-2-3-5-27(22)35-12-14-36(15-13-35)31(37)26-20-40-30(33-26)19-34(17-23-6-9-25(32)10-7-23)18-24-8-11-28-29(16-24)39-21-38-28/h2-11,16,20H,12-15,17-19,21H2,1H3. The second kappa shape index (κ2) is 11.9. The van der Waals surface area contributed by atoms with Gasteiger partial charge in [0.2, 0.25) is 6.79 Å². The third-order valence-electron chi connectivity index (χ3n) is 7.32. The Morgan fingerprint density at radius 2 is 1.65 bits per heavy atom. The Hall–Kier alpha value is -3.59. The van der Waals surface area contributed by atoms with Gasteiger partial charge in [0.05, 0.1) is 6.54 Å². The summed E-state index contributed by atoms with van der Waals surface area (Å²) in [6, 6.07) is 22.4. The molecule has 0 atom stereocenters. The highest BCUT2D eigenvalue weighted by Gasteiger charge is 2.25. The van der Waals surface area contributed by atoms with E-state index in [4.69, 9.17) is 26.1 Å². The van der Waals surface area contributed by atoms with E-state index < -0.39 is 0 Å². The molecule has 40 heavy (non-hydrogen) atoms. The molecule has 1 aromatic heterocycles. The zero-order valence-corrected chi connectivity index (χ0v) is 24.0. The topological polar surface area (TPSA) is 58.1 Å². The van der Waals surface area contributed by atoms with Crippen LogP contribution >= 0.6 is 22.9 Å². The molecule has 206 valence electrons. The number of aromatic nitrogens is 1. The number of para-hydroxylation sites is 1. The number of aryl methyl sites for hydroxylation is 1. The molecule has 0 saturated carbocycles. The fourth-order valence-electron chi connectivity index (χ4n) is 5.22. The number of carbonyl (C=O) groups is 1. The number of piperazine rings is 1. The van der Waals surface area contributed by atoms with Crippen LogP contribution in [0.3, 0.4) is 0 Å². The first-order valence-corrected chi connectivity index (χ1v) is 14.7. The highest BCUT2D eigenvalue weighted by molar-refractivity contribution is 7.09. The molecular weight excluding hydrogens is 544 g/mol. The quantitative estimate of drug-likeness (QED) is 0.257. The molecule has 4 aromatic rings. The van der Waals surface area contributed by atoms with E-state index >= 15 is 0 Å². The number of thiazole rings is 1. The summed E-state index contributed by atoms with van der Waals surface area (Å²) in [6.07, 6.45) is 0. The summed E-state index contributed by atoms with van der Waals surface area (Å²) in [5.41, 5.74) is 5.31. The average molecular weight is 575 g/mol. The normalized spacial score (nSPS) is 14.7. The van der Waals surface area contributed by atoms with E-state index in [2.05, 4.69) is 47.1 Å². The largest absolute Gasteiger partial charge is 0.454 e. The molecule has 0 N–H and O–H groups in total. The molecule has 0 bridgehead atoms. The van der Waals surface area contributed by atoms with Crippen LogP contribution < -0.4 is 14.4 Å². The van der Waals surface area contributed by atoms with Gasteiger partial charge in [-0.2, -0.15) is 0 Å². The van der Waals surface area contributed by atoms with Gasteiger partial charge in [-0.05, 0) is 53.9 Å². The van der Waals surface area contributed by atoms with E-state index in [9.17, 15) is 4.79 Å². The Labute approximate surface area is 243 Å². The number of amides is 1. The summed E-state index contributed by atoms with van der Waals surface area (Å²) < 4.78 is 11.1. The highest BCUT2D eigenvalue weighted by atomic mass is 35.5. The summed E-state index contributed by atoms with van der Waals surface area (Å²) in [4.78, 5) is 24.7. The van der Waals surface area contributed by atoms with Crippen LogP contribution in [0.1, 0.15) is 32.2 Å². The first-order chi connectivity index (χ1) is 19.5. The number of carbonyl (C=O) groups excluding carboxylic acids is 1. The van der Waals surface area contributed by atoms with Crippen LogP contribution in [0, 0.1) is 6.92 Å². The zero-order chi connectivity index (χ0) is 27.5. The lowest BCUT2D eigenvalue weighted by Crippen LogP contribution is -2.49. The highest BCUT2D eigenvalue weighted by Crippen LogP contribution is 2.33. The molecule has 0 unspecified atom stereocenters. The van der Waals surface area contributed by atoms with Crippen LogP contribution in [-0.4, -0.2) is 53.7 Å². The van der Waals surface area contributed by atoms with Crippen molar-refractivity contribution in [1.82, 2.24) is 14.8 Å². The molecule has 0 aliphatic carbocycles. The molecule has 6 rings (SSSR count). The van der Waals surface area contributed by atoms with E-state index in [0.29, 0.717) is 36.9 Å². The maximum Gasteiger partial charge on any atom is 0.273 e. The lowest BCUT2D eigenvalue weighted by Gasteiger charge is -2.36. The van der Waals surface area contributed by atoms with Crippen LogP contribution in [0.4, 0.5) is 5.69 Å². The first kappa shape index (κ1) is 26.6. The van der Waals surface area contributed by atoms with Crippen molar-refractivity contribution < 1.29 is 14.3 Å². The minimum atomic E-state index is 0.00644. The molecule has 3 heterocycles. The Balaban J connectivity index is 1.12. The molecule has 1 saturated heterocycles. The molecule has 2 aliphatic rings. The van der Waals surface area contributed by atoms with Gasteiger partial charge in [0.1, 0.15) is 10.7 Å². The van der Waals surface area contributed by atoms with Crippen LogP contribution in [0.5, 0.6) is 11.5 Å². The lowest BCUT2D eigenvalue weighted by atomic mass is 10.1. The third-order valence-corrected chi connectivity index (χ3v) is 8.40. The molecular formula is C31H31ClN4O3S. The van der Waals surface area contributed by atoms with Crippen molar-refractivity contribution in [2.24, 2.45) is 0 Å². The van der Waals surface area contributed by atoms with Crippen molar-refractivity contribution in [3.05, 3.63) is 105 Å². The lowest BCUT2D eigenvalue weighted by molar-refractivity contribution is 0.0741. The van der Waals surface area contributed by atoms with Gasteiger partial charge in [0, 0.05) is 55.4 Å². The molecule has 3 aromatic carbocycles. The van der Waals surface area contributed by atoms with E-state index in [1.807, 2.05) is 46.7 Å². The average Bonchev–Trinajstić information content (AvgIpc) is 3.64. The second-order valence-corrected chi connectivity index (χ2v) is 11.5. The predicted octanol–water partition coefficient (Wildman–Crippen LogP) is 6.00. The van der Waals surface area contributed by atoms with E-state index in [1.54, 1.807) is 0 Å². The number of halogens is 1. The number of fused-ring (bicyclic) bond motifs is 1. The Bertz CT molecular complexity index is 1480. The SMILES string of the molecule is Cc1ccccc1N1CCN(C(=O)c2csc(CN(Cc3ccc(Cl)cc3)Cc3ccc4c(c3)OCO4)n2)CC1. The number of rotatable bonds is 8. The van der Waals surface area contributed by atoms with Crippen molar-refractivity contribution >= 4 is 34.5 Å². The van der Waals surface area contributed by atoms with Crippen molar-refractivity contribution in [3.63, 3.8) is 0 Å². The van der Waals surface area contributed by atoms with E-state index in [1.165, 1.54) is 22.6 Å². The van der Waals surface area contributed by atoms with Crippen LogP contribution in [-0.2, 0) is 19.6 Å². The molecule has 9 heteroatoms. The summed E-state index contributed by atoms with van der Waals surface area (Å²) in [5.74, 6) is 1.55. The number of nitrogens with zero attached hydrogens (tertiary/aromatic N) is 4. The number of anilines is 1. The number of ether oxygens (including phenoxy) is 2. The van der Waals surface area contributed by atoms with Gasteiger partial charge in [0.15, 0.2) is 11.5 Å². The van der Waals surface area contributed by atoms with Gasteiger partial charge in [-0.1, -0.05) is 48.0 Å². The molecule has 0 radical (unpaired) electrons. The van der Waals surface area contributed by atoms with Gasteiger partial charge in [-0.25, -0.2) is 4.98 Å². The fraction of sp³-hybridized carbons (Fsp3) is 0.290. The van der Waals surface area contributed by atoms with Crippen LogP contribution in [0.15, 0.2) is 72.1 Å². The zero-order valence-electron chi connectivity index (χ0n) is 22.4. The Morgan fingerprint density at radius 3 is 2.45 bits per heavy atom. The Kier molecular flexibility index (Phi) is 7.91. The van der Waals surface area contributed by atoms with E-state index in [-0.39, 0.29) is 12.7 Å². The van der Waals surface area contributed by atoms with Gasteiger partial charge in [-0.3, -0.25) is 9.69 Å². The third kappa shape index (κ3) is 6.09. The number of hydrogen-bond donors (Lipinski definition) is 0. The van der Waals surface area contributed by atoms with Crippen LogP contribution in [0.2, 0.25) is 5.02 Å². The maximum atomic E-state index is 13.3. The van der Waals surface area contributed by atoms with Gasteiger partial charge in [-0.15, -0.1) is 11.3 Å². The summed E-state index contributed by atoms with van der Waals surface area (Å²) in [7, 11) is 0. The second-order valence-electron chi connectivity index (χ2n) is 10.2. The first-order valence-electron chi connectivity index (χ1n) is 13.4. The fourth-order valence-corrected chi connectivity index (χ4v) is 6.15. The summed E-state index contributed by atoms with van der Waals surface area (Å²) in [6.45, 7) is 7.43. The van der Waals surface area contributed by atoms with Crippen molar-refractivity contribution in [3.8, 4) is 11.5 Å². The smallest absolute Gasteiger partial charge is 0.273 e. The minimum absolute atomic E-state index is 0.00644. The molecule has 1 amide bonds. The van der Waals surface area contributed by atoms with Crippen molar-refractivity contribution in [1.29, 1.82) is 0 Å². The summed E-state index contributed by atoms with van der Waals surface area (Å²) in [5, 5.41) is 3.53. The monoisotopic (exact) mass is 574 g/mol. The Morgan fingerprint density at radius 1 is 0.925 bits per heavy atom. The maximum absolute atomic E-state index is 13.3. The number of benzene rings is 3. The molecule has 1 fully saturated rings. The van der Waals surface area contributed by atoms with Gasteiger partial charge in [0.25, 0.3) is 5.91 Å². The predicted molar refractivity (Wildman–Crippen MR) is 158 cm³/mol. The van der Waals surface area contributed by atoms with Crippen LogP contribution in [0.25, 0.3) is 0 Å². The minimum Gasteiger partial charge on any atom is -0.454 e. The number of hydrogen-bond acceptors (Lipinski definition) is 7. The van der Waals surface area contributed by atoms with Gasteiger partial charge < -0.3 is 19.3 Å². The molecule has 0 spiro atoms. The molecule has 7 nitrogen and oxygen atoms in total. The molecule has 2 aliphatic heterocycles. The van der Waals surface area contributed by atoms with E-state index in [0.717, 1.165) is 47.3 Å². The van der Waals surface area contributed by atoms with Crippen molar-refractivity contribution in [2.75, 3.05) is 37.9 Å². The van der Waals surface area contributed by atoms with Crippen molar-refractivity contribution in [2.45, 2.75) is 26.6 Å². The van der Waals surface area contributed by atoms with Gasteiger partial charge >= 0.3 is 0 Å². The summed E-state index contributed by atoms with van der Waals surface area (Å²) >= 11 is 7.65.